The van der Waals surface area contributed by atoms with Crippen LogP contribution in [0.5, 0.6) is 0 Å². The van der Waals surface area contributed by atoms with E-state index in [-0.39, 0.29) is 11.8 Å². The number of hydrogen-bond acceptors (Lipinski definition) is 3. The molecule has 0 radical (unpaired) electrons. The number of hydrogen-bond donors (Lipinski definition) is 1. The minimum Gasteiger partial charge on any atom is -0.352 e. The maximum absolute atomic E-state index is 12.6. The van der Waals surface area contributed by atoms with Crippen LogP contribution in [-0.2, 0) is 4.79 Å². The van der Waals surface area contributed by atoms with Crippen molar-refractivity contribution in [2.45, 2.75) is 6.04 Å². The van der Waals surface area contributed by atoms with Gasteiger partial charge in [0.1, 0.15) is 6.04 Å². The highest BCUT2D eigenvalue weighted by atomic mass is 16.2. The lowest BCUT2D eigenvalue weighted by Crippen LogP contribution is -2.52. The van der Waals surface area contributed by atoms with Crippen molar-refractivity contribution >= 4 is 11.8 Å². The van der Waals surface area contributed by atoms with Gasteiger partial charge in [0.15, 0.2) is 0 Å². The van der Waals surface area contributed by atoms with Crippen molar-refractivity contribution in [3.63, 3.8) is 0 Å². The summed E-state index contributed by atoms with van der Waals surface area (Å²) in [5, 5.41) is 2.82. The summed E-state index contributed by atoms with van der Waals surface area (Å²) in [5.74, 6) is -0.323. The molecular formula is C16H15N3O2. The molecule has 5 nitrogen and oxygen atoms in total. The van der Waals surface area contributed by atoms with Gasteiger partial charge in [0.25, 0.3) is 5.91 Å². The fourth-order valence-electron chi connectivity index (χ4n) is 2.51. The summed E-state index contributed by atoms with van der Waals surface area (Å²) < 4.78 is 0. The Kier molecular flexibility index (Phi) is 3.64. The Hall–Kier alpha value is -2.69. The van der Waals surface area contributed by atoms with Gasteiger partial charge in [-0.15, -0.1) is 0 Å². The van der Waals surface area contributed by atoms with Crippen LogP contribution >= 0.6 is 0 Å². The second-order valence-corrected chi connectivity index (χ2v) is 4.84. The number of nitrogens with zero attached hydrogens (tertiary/aromatic N) is 2. The normalized spacial score (nSPS) is 18.2. The highest BCUT2D eigenvalue weighted by molar-refractivity contribution is 5.98. The van der Waals surface area contributed by atoms with Crippen LogP contribution < -0.4 is 5.32 Å². The van der Waals surface area contributed by atoms with Crippen LogP contribution in [0.4, 0.5) is 0 Å². The average Bonchev–Trinajstić information content (AvgIpc) is 2.55. The minimum absolute atomic E-state index is 0.148. The van der Waals surface area contributed by atoms with Crippen LogP contribution in [-0.4, -0.2) is 34.8 Å². The van der Waals surface area contributed by atoms with Gasteiger partial charge in [-0.1, -0.05) is 30.3 Å². The van der Waals surface area contributed by atoms with Gasteiger partial charge in [0.05, 0.1) is 5.56 Å². The van der Waals surface area contributed by atoms with Gasteiger partial charge in [-0.05, 0) is 17.7 Å². The smallest absolute Gasteiger partial charge is 0.256 e. The van der Waals surface area contributed by atoms with E-state index >= 15 is 0 Å². The molecule has 2 heterocycles. The monoisotopic (exact) mass is 281 g/mol. The first-order valence-corrected chi connectivity index (χ1v) is 6.81. The van der Waals surface area contributed by atoms with E-state index in [1.807, 2.05) is 30.3 Å². The molecule has 3 rings (SSSR count). The molecule has 1 unspecified atom stereocenters. The van der Waals surface area contributed by atoms with E-state index in [0.717, 1.165) is 5.56 Å². The summed E-state index contributed by atoms with van der Waals surface area (Å²) >= 11 is 0. The summed E-state index contributed by atoms with van der Waals surface area (Å²) in [6.07, 6.45) is 3.14. The lowest BCUT2D eigenvalue weighted by Gasteiger charge is -2.35. The first-order valence-electron chi connectivity index (χ1n) is 6.81. The van der Waals surface area contributed by atoms with Crippen molar-refractivity contribution in [1.82, 2.24) is 15.2 Å². The van der Waals surface area contributed by atoms with E-state index in [1.165, 1.54) is 6.20 Å². The Morgan fingerprint density at radius 3 is 2.71 bits per heavy atom. The molecule has 1 saturated heterocycles. The van der Waals surface area contributed by atoms with Crippen molar-refractivity contribution < 1.29 is 9.59 Å². The van der Waals surface area contributed by atoms with Crippen LogP contribution in [0.25, 0.3) is 0 Å². The zero-order valence-corrected chi connectivity index (χ0v) is 11.4. The fraction of sp³-hybridized carbons (Fsp3) is 0.188. The Bertz CT molecular complexity index is 643. The second-order valence-electron chi connectivity index (χ2n) is 4.84. The number of rotatable bonds is 2. The SMILES string of the molecule is O=C1NCCN(C(=O)c2cccnc2)C1c1ccccc1. The first-order chi connectivity index (χ1) is 10.3. The summed E-state index contributed by atoms with van der Waals surface area (Å²) in [6.45, 7) is 0.952. The van der Waals surface area contributed by atoms with E-state index in [9.17, 15) is 9.59 Å². The van der Waals surface area contributed by atoms with Gasteiger partial charge in [0.2, 0.25) is 5.91 Å². The van der Waals surface area contributed by atoms with E-state index in [0.29, 0.717) is 18.7 Å². The van der Waals surface area contributed by atoms with Crippen molar-refractivity contribution in [3.8, 4) is 0 Å². The van der Waals surface area contributed by atoms with Gasteiger partial charge in [-0.2, -0.15) is 0 Å². The van der Waals surface area contributed by atoms with Crippen LogP contribution in [0.2, 0.25) is 0 Å². The van der Waals surface area contributed by atoms with Crippen molar-refractivity contribution in [2.24, 2.45) is 0 Å². The van der Waals surface area contributed by atoms with Gasteiger partial charge >= 0.3 is 0 Å². The van der Waals surface area contributed by atoms with Crippen molar-refractivity contribution in [2.75, 3.05) is 13.1 Å². The molecule has 2 aromatic rings. The second kappa shape index (κ2) is 5.75. The lowest BCUT2D eigenvalue weighted by atomic mass is 10.0. The maximum Gasteiger partial charge on any atom is 0.256 e. The highest BCUT2D eigenvalue weighted by Crippen LogP contribution is 2.24. The lowest BCUT2D eigenvalue weighted by molar-refractivity contribution is -0.128. The molecule has 0 saturated carbocycles. The molecule has 1 N–H and O–H groups in total. The number of pyridine rings is 1. The Labute approximate surface area is 122 Å². The summed E-state index contributed by atoms with van der Waals surface area (Å²) in [5.41, 5.74) is 1.31. The zero-order chi connectivity index (χ0) is 14.7. The third-order valence-electron chi connectivity index (χ3n) is 3.50. The first kappa shape index (κ1) is 13.3. The molecule has 0 aliphatic carbocycles. The third-order valence-corrected chi connectivity index (χ3v) is 3.50. The molecule has 106 valence electrons. The maximum atomic E-state index is 12.6. The largest absolute Gasteiger partial charge is 0.352 e. The van der Waals surface area contributed by atoms with E-state index in [1.54, 1.807) is 23.2 Å². The number of amides is 2. The number of piperazine rings is 1. The predicted molar refractivity (Wildman–Crippen MR) is 77.5 cm³/mol. The minimum atomic E-state index is -0.590. The predicted octanol–water partition coefficient (Wildman–Crippen LogP) is 1.39. The van der Waals surface area contributed by atoms with E-state index in [4.69, 9.17) is 0 Å². The zero-order valence-electron chi connectivity index (χ0n) is 11.4. The Morgan fingerprint density at radius 2 is 2.00 bits per heavy atom. The van der Waals surface area contributed by atoms with E-state index < -0.39 is 6.04 Å². The van der Waals surface area contributed by atoms with Gasteiger partial charge < -0.3 is 10.2 Å². The molecular weight excluding hydrogens is 266 g/mol. The average molecular weight is 281 g/mol. The summed E-state index contributed by atoms with van der Waals surface area (Å²) in [4.78, 5) is 30.4. The molecule has 1 aromatic carbocycles. The van der Waals surface area contributed by atoms with Gasteiger partial charge in [0, 0.05) is 25.5 Å². The molecule has 1 atom stereocenters. The van der Waals surface area contributed by atoms with Crippen molar-refractivity contribution in [3.05, 3.63) is 66.0 Å². The van der Waals surface area contributed by atoms with Crippen LogP contribution in [0.1, 0.15) is 22.0 Å². The quantitative estimate of drug-likeness (QED) is 0.905. The summed E-state index contributed by atoms with van der Waals surface area (Å²) in [7, 11) is 0. The number of benzene rings is 1. The van der Waals surface area contributed by atoms with Gasteiger partial charge in [-0.3, -0.25) is 14.6 Å². The Balaban J connectivity index is 1.95. The number of carbonyl (C=O) groups is 2. The van der Waals surface area contributed by atoms with Crippen molar-refractivity contribution in [1.29, 1.82) is 0 Å². The molecule has 1 aromatic heterocycles. The topological polar surface area (TPSA) is 62.3 Å². The molecule has 1 aliphatic heterocycles. The molecule has 2 amide bonds. The van der Waals surface area contributed by atoms with Gasteiger partial charge in [-0.25, -0.2) is 0 Å². The standard InChI is InChI=1S/C16H15N3O2/c20-15-14(12-5-2-1-3-6-12)19(10-9-18-15)16(21)13-7-4-8-17-11-13/h1-8,11,14H,9-10H2,(H,18,20). The van der Waals surface area contributed by atoms with Crippen LogP contribution in [0, 0.1) is 0 Å². The molecule has 5 heteroatoms. The van der Waals surface area contributed by atoms with Crippen LogP contribution in [0.3, 0.4) is 0 Å². The molecule has 1 aliphatic rings. The molecule has 0 bridgehead atoms. The highest BCUT2D eigenvalue weighted by Gasteiger charge is 2.34. The van der Waals surface area contributed by atoms with E-state index in [2.05, 4.69) is 10.3 Å². The number of aromatic nitrogens is 1. The number of carbonyl (C=O) groups excluding carboxylic acids is 2. The fourth-order valence-corrected chi connectivity index (χ4v) is 2.51. The molecule has 1 fully saturated rings. The molecule has 0 spiro atoms. The third kappa shape index (κ3) is 2.63. The summed E-state index contributed by atoms with van der Waals surface area (Å²) in [6, 6.07) is 12.2. The molecule has 21 heavy (non-hydrogen) atoms. The number of nitrogens with one attached hydrogen (secondary N) is 1. The Morgan fingerprint density at radius 1 is 1.19 bits per heavy atom. The van der Waals surface area contributed by atoms with Crippen LogP contribution in [0.15, 0.2) is 54.9 Å².